The molecule has 7 heteroatoms. The summed E-state index contributed by atoms with van der Waals surface area (Å²) in [5.74, 6) is -1.60. The minimum absolute atomic E-state index is 0.166. The second-order valence-corrected chi connectivity index (χ2v) is 5.12. The number of aliphatic carboxylic acids is 1. The lowest BCUT2D eigenvalue weighted by Crippen LogP contribution is -2.33. The third-order valence-corrected chi connectivity index (χ3v) is 3.41. The van der Waals surface area contributed by atoms with Crippen LogP contribution in [0.3, 0.4) is 0 Å². The summed E-state index contributed by atoms with van der Waals surface area (Å²) in [7, 11) is 0. The largest absolute Gasteiger partial charge is 0.481 e. The third kappa shape index (κ3) is 4.40. The summed E-state index contributed by atoms with van der Waals surface area (Å²) < 4.78 is 1.47. The molecular weight excluding hydrogens is 274 g/mol. The maximum atomic E-state index is 11.9. The van der Waals surface area contributed by atoms with Gasteiger partial charge in [0.2, 0.25) is 5.91 Å². The normalized spacial score (nSPS) is 12.0. The second-order valence-electron chi connectivity index (χ2n) is 5.12. The minimum atomic E-state index is -0.884. The number of nitrogens with one attached hydrogen (secondary N) is 1. The van der Waals surface area contributed by atoms with Gasteiger partial charge in [-0.3, -0.25) is 14.2 Å². The molecule has 1 atom stereocenters. The van der Waals surface area contributed by atoms with Gasteiger partial charge in [-0.2, -0.15) is 4.98 Å². The van der Waals surface area contributed by atoms with Crippen molar-refractivity contribution in [1.29, 1.82) is 0 Å². The molecule has 0 bridgehead atoms. The van der Waals surface area contributed by atoms with Crippen LogP contribution in [0.1, 0.15) is 30.8 Å². The van der Waals surface area contributed by atoms with E-state index in [1.165, 1.54) is 11.5 Å². The van der Waals surface area contributed by atoms with E-state index >= 15 is 0 Å². The van der Waals surface area contributed by atoms with Crippen LogP contribution in [0, 0.1) is 19.8 Å². The van der Waals surface area contributed by atoms with Gasteiger partial charge in [-0.05, 0) is 25.8 Å². The Morgan fingerprint density at radius 1 is 1.38 bits per heavy atom. The van der Waals surface area contributed by atoms with Crippen LogP contribution in [0.2, 0.25) is 0 Å². The lowest BCUT2D eigenvalue weighted by atomic mass is 9.99. The molecule has 0 spiro atoms. The Kier molecular flexibility index (Phi) is 5.63. The number of nitrogens with zero attached hydrogens (tertiary/aromatic N) is 2. The minimum Gasteiger partial charge on any atom is -0.481 e. The topological polar surface area (TPSA) is 101 Å². The molecule has 0 saturated carbocycles. The van der Waals surface area contributed by atoms with Gasteiger partial charge in [0.15, 0.2) is 0 Å². The molecule has 0 radical (unpaired) electrons. The van der Waals surface area contributed by atoms with Crippen molar-refractivity contribution in [2.75, 3.05) is 6.54 Å². The SMILES string of the molecule is CC(=O)NCCn1c(C)c(CC(C)C(=O)O)c(C)nc1=O. The molecule has 0 aliphatic heterocycles. The lowest BCUT2D eigenvalue weighted by molar-refractivity contribution is -0.141. The molecule has 0 fully saturated rings. The average molecular weight is 295 g/mol. The average Bonchev–Trinajstić information content (AvgIpc) is 2.37. The number of carbonyl (C=O) groups excluding carboxylic acids is 1. The predicted octanol–water partition coefficient (Wildman–Crippen LogP) is 0.259. The summed E-state index contributed by atoms with van der Waals surface area (Å²) >= 11 is 0. The smallest absolute Gasteiger partial charge is 0.348 e. The summed E-state index contributed by atoms with van der Waals surface area (Å²) in [6.45, 7) is 7.14. The molecule has 0 aliphatic rings. The second kappa shape index (κ2) is 7.01. The van der Waals surface area contributed by atoms with Crippen LogP contribution >= 0.6 is 0 Å². The van der Waals surface area contributed by atoms with Crippen molar-refractivity contribution in [2.24, 2.45) is 5.92 Å². The van der Waals surface area contributed by atoms with Crippen molar-refractivity contribution in [3.8, 4) is 0 Å². The van der Waals surface area contributed by atoms with E-state index in [9.17, 15) is 14.4 Å². The molecule has 2 N–H and O–H groups in total. The molecule has 7 nitrogen and oxygen atoms in total. The lowest BCUT2D eigenvalue weighted by Gasteiger charge is -2.17. The summed E-state index contributed by atoms with van der Waals surface area (Å²) in [6.07, 6.45) is 0.320. The fraction of sp³-hybridized carbons (Fsp3) is 0.571. The zero-order valence-corrected chi connectivity index (χ0v) is 12.8. The van der Waals surface area contributed by atoms with E-state index in [-0.39, 0.29) is 11.6 Å². The first-order valence-corrected chi connectivity index (χ1v) is 6.78. The maximum absolute atomic E-state index is 11.9. The highest BCUT2D eigenvalue weighted by atomic mass is 16.4. The number of carboxylic acids is 1. The van der Waals surface area contributed by atoms with Crippen molar-refractivity contribution in [1.82, 2.24) is 14.9 Å². The van der Waals surface area contributed by atoms with Crippen LogP contribution < -0.4 is 11.0 Å². The zero-order chi connectivity index (χ0) is 16.2. The van der Waals surface area contributed by atoms with Crippen molar-refractivity contribution in [3.05, 3.63) is 27.4 Å². The standard InChI is InChI=1S/C14H21N3O4/c1-8(13(19)20)7-12-9(2)16-14(21)17(10(12)3)6-5-15-11(4)18/h8H,5-7H2,1-4H3,(H,15,18)(H,19,20). The summed E-state index contributed by atoms with van der Waals surface area (Å²) in [5, 5.41) is 11.6. The van der Waals surface area contributed by atoms with E-state index in [1.54, 1.807) is 20.8 Å². The molecule has 116 valence electrons. The summed E-state index contributed by atoms with van der Waals surface area (Å²) in [4.78, 5) is 37.7. The molecular formula is C14H21N3O4. The zero-order valence-electron chi connectivity index (χ0n) is 12.8. The van der Waals surface area contributed by atoms with E-state index in [0.717, 1.165) is 5.56 Å². The first-order chi connectivity index (χ1) is 9.73. The van der Waals surface area contributed by atoms with Crippen LogP contribution in [-0.2, 0) is 22.6 Å². The van der Waals surface area contributed by atoms with Gasteiger partial charge in [0.25, 0.3) is 0 Å². The number of hydrogen-bond donors (Lipinski definition) is 2. The number of amides is 1. The van der Waals surface area contributed by atoms with Crippen molar-refractivity contribution >= 4 is 11.9 Å². The molecule has 1 amide bonds. The maximum Gasteiger partial charge on any atom is 0.348 e. The quantitative estimate of drug-likeness (QED) is 0.784. The number of aromatic nitrogens is 2. The molecule has 1 heterocycles. The highest BCUT2D eigenvalue weighted by Gasteiger charge is 2.18. The number of carboxylic acid groups (broad SMARTS) is 1. The Bertz CT molecular complexity index is 607. The van der Waals surface area contributed by atoms with Crippen molar-refractivity contribution in [2.45, 2.75) is 40.7 Å². The number of rotatable bonds is 6. The Morgan fingerprint density at radius 2 is 2.00 bits per heavy atom. The Balaban J connectivity index is 3.07. The molecule has 0 aliphatic carbocycles. The fourth-order valence-electron chi connectivity index (χ4n) is 2.14. The van der Waals surface area contributed by atoms with E-state index < -0.39 is 11.9 Å². The van der Waals surface area contributed by atoms with Gasteiger partial charge in [-0.15, -0.1) is 0 Å². The Morgan fingerprint density at radius 3 is 2.52 bits per heavy atom. The van der Waals surface area contributed by atoms with E-state index in [2.05, 4.69) is 10.3 Å². The van der Waals surface area contributed by atoms with Gasteiger partial charge in [0.1, 0.15) is 0 Å². The van der Waals surface area contributed by atoms with Gasteiger partial charge in [-0.25, -0.2) is 4.79 Å². The summed E-state index contributed by atoms with van der Waals surface area (Å²) in [5.41, 5.74) is 1.64. The van der Waals surface area contributed by atoms with Crippen molar-refractivity contribution < 1.29 is 14.7 Å². The van der Waals surface area contributed by atoms with Gasteiger partial charge >= 0.3 is 11.7 Å². The van der Waals surface area contributed by atoms with Gasteiger partial charge in [0, 0.05) is 31.4 Å². The Labute approximate surface area is 123 Å². The molecule has 21 heavy (non-hydrogen) atoms. The van der Waals surface area contributed by atoms with Crippen molar-refractivity contribution in [3.63, 3.8) is 0 Å². The third-order valence-electron chi connectivity index (χ3n) is 3.41. The van der Waals surface area contributed by atoms with Crippen LogP contribution in [0.5, 0.6) is 0 Å². The van der Waals surface area contributed by atoms with Crippen LogP contribution in [-0.4, -0.2) is 33.1 Å². The van der Waals surface area contributed by atoms with Gasteiger partial charge in [0.05, 0.1) is 5.92 Å². The van der Waals surface area contributed by atoms with Gasteiger partial charge in [-0.1, -0.05) is 6.92 Å². The predicted molar refractivity (Wildman–Crippen MR) is 77.2 cm³/mol. The van der Waals surface area contributed by atoms with Gasteiger partial charge < -0.3 is 10.4 Å². The molecule has 1 rings (SSSR count). The van der Waals surface area contributed by atoms with Crippen LogP contribution in [0.15, 0.2) is 4.79 Å². The molecule has 0 aromatic carbocycles. The number of carbonyl (C=O) groups is 2. The van der Waals surface area contributed by atoms with Crippen LogP contribution in [0.25, 0.3) is 0 Å². The highest BCUT2D eigenvalue weighted by molar-refractivity contribution is 5.72. The van der Waals surface area contributed by atoms with Crippen LogP contribution in [0.4, 0.5) is 0 Å². The number of hydrogen-bond acceptors (Lipinski definition) is 4. The first-order valence-electron chi connectivity index (χ1n) is 6.78. The van der Waals surface area contributed by atoms with E-state index in [1.807, 2.05) is 0 Å². The van der Waals surface area contributed by atoms with E-state index in [0.29, 0.717) is 30.9 Å². The monoisotopic (exact) mass is 295 g/mol. The summed E-state index contributed by atoms with van der Waals surface area (Å²) in [6, 6.07) is 0. The molecule has 0 saturated heterocycles. The molecule has 1 aromatic rings. The van der Waals surface area contributed by atoms with E-state index in [4.69, 9.17) is 5.11 Å². The first kappa shape index (κ1) is 16.9. The fourth-order valence-corrected chi connectivity index (χ4v) is 2.14. The molecule has 1 aromatic heterocycles. The number of aryl methyl sites for hydroxylation is 1. The Hall–Kier alpha value is -2.18. The molecule has 1 unspecified atom stereocenters. The highest BCUT2D eigenvalue weighted by Crippen LogP contribution is 2.15.